The highest BCUT2D eigenvalue weighted by Crippen LogP contribution is 2.23. The zero-order valence-corrected chi connectivity index (χ0v) is 17.3. The van der Waals surface area contributed by atoms with Crippen molar-refractivity contribution < 1.29 is 13.6 Å². The molecule has 2 heterocycles. The Labute approximate surface area is 185 Å². The molecule has 0 spiro atoms. The lowest BCUT2D eigenvalue weighted by atomic mass is 10.1. The molecule has 0 bridgehead atoms. The highest BCUT2D eigenvalue weighted by molar-refractivity contribution is 5.98. The Balaban J connectivity index is 1.55. The van der Waals surface area contributed by atoms with E-state index in [1.807, 2.05) is 0 Å². The van der Waals surface area contributed by atoms with E-state index in [-0.39, 0.29) is 23.4 Å². The molecule has 0 aliphatic heterocycles. The van der Waals surface area contributed by atoms with Crippen LogP contribution in [0.4, 0.5) is 8.78 Å². The number of halogens is 2. The molecule has 9 heteroatoms. The van der Waals surface area contributed by atoms with Crippen molar-refractivity contribution in [3.05, 3.63) is 99.8 Å². The lowest BCUT2D eigenvalue weighted by Gasteiger charge is -2.14. The predicted octanol–water partition coefficient (Wildman–Crippen LogP) is 4.01. The second-order valence-corrected chi connectivity index (χ2v) is 7.63. The van der Waals surface area contributed by atoms with Crippen molar-refractivity contribution in [1.29, 1.82) is 0 Å². The summed E-state index contributed by atoms with van der Waals surface area (Å²) in [5, 5.41) is 10.2. The molecule has 0 unspecified atom stereocenters. The summed E-state index contributed by atoms with van der Waals surface area (Å²) in [6, 6.07) is 15.9. The molecular weight excluding hydrogens is 428 g/mol. The van der Waals surface area contributed by atoms with E-state index in [9.17, 15) is 18.4 Å². The number of amides is 1. The second-order valence-electron chi connectivity index (χ2n) is 7.63. The first-order valence-corrected chi connectivity index (χ1v) is 10.1. The maximum Gasteiger partial charge on any atom is 0.281 e. The molecule has 2 aromatic heterocycles. The third kappa shape index (κ3) is 3.73. The van der Waals surface area contributed by atoms with Crippen molar-refractivity contribution in [2.75, 3.05) is 0 Å². The van der Waals surface area contributed by atoms with E-state index in [0.29, 0.717) is 27.7 Å². The standard InChI is InChI=1S/C24H17F2N5O2/c1-13(14-5-8-17(25)9-6-14)27-23(32)16-7-10-19-20(12-16)31-22(28-24(19)33)21(29-30-31)15-3-2-4-18(26)11-15/h2-13,30H,1H3,(H,27,32)/t13-/m0/s1. The number of carbonyl (C=O) groups excluding carboxylic acids is 1. The van der Waals surface area contributed by atoms with Crippen LogP contribution in [0.25, 0.3) is 27.8 Å². The van der Waals surface area contributed by atoms with Gasteiger partial charge in [-0.05, 0) is 55.0 Å². The first kappa shape index (κ1) is 20.5. The van der Waals surface area contributed by atoms with Crippen LogP contribution in [0.1, 0.15) is 28.9 Å². The molecule has 3 aromatic carbocycles. The van der Waals surface area contributed by atoms with Gasteiger partial charge >= 0.3 is 0 Å². The molecule has 0 saturated heterocycles. The van der Waals surface area contributed by atoms with Crippen LogP contribution in [-0.2, 0) is 0 Å². The SMILES string of the molecule is C[C@H](NC(=O)c1ccc2c(=O)nc3c(-c4cccc(F)c4)n[nH]n3c2c1)c1ccc(F)cc1. The van der Waals surface area contributed by atoms with Gasteiger partial charge in [0.2, 0.25) is 0 Å². The van der Waals surface area contributed by atoms with Gasteiger partial charge in [0.15, 0.2) is 5.65 Å². The molecule has 7 nitrogen and oxygen atoms in total. The molecule has 5 aromatic rings. The molecule has 0 aliphatic carbocycles. The van der Waals surface area contributed by atoms with Gasteiger partial charge < -0.3 is 5.32 Å². The highest BCUT2D eigenvalue weighted by atomic mass is 19.1. The van der Waals surface area contributed by atoms with Gasteiger partial charge in [0.25, 0.3) is 11.5 Å². The smallest absolute Gasteiger partial charge is 0.281 e. The lowest BCUT2D eigenvalue weighted by Crippen LogP contribution is -2.26. The second kappa shape index (κ2) is 7.94. The van der Waals surface area contributed by atoms with E-state index >= 15 is 0 Å². The number of H-pyrrole nitrogens is 1. The van der Waals surface area contributed by atoms with Crippen LogP contribution in [0, 0.1) is 11.6 Å². The molecule has 33 heavy (non-hydrogen) atoms. The molecule has 1 atom stereocenters. The molecule has 2 N–H and O–H groups in total. The third-order valence-corrected chi connectivity index (χ3v) is 5.44. The predicted molar refractivity (Wildman–Crippen MR) is 119 cm³/mol. The van der Waals surface area contributed by atoms with Crippen molar-refractivity contribution in [1.82, 2.24) is 25.1 Å². The van der Waals surface area contributed by atoms with E-state index < -0.39 is 11.4 Å². The quantitative estimate of drug-likeness (QED) is 0.437. The van der Waals surface area contributed by atoms with Gasteiger partial charge in [-0.2, -0.15) is 10.1 Å². The number of benzene rings is 3. The van der Waals surface area contributed by atoms with Crippen LogP contribution >= 0.6 is 0 Å². The fourth-order valence-corrected chi connectivity index (χ4v) is 3.71. The summed E-state index contributed by atoms with van der Waals surface area (Å²) in [6.45, 7) is 1.79. The van der Waals surface area contributed by atoms with Gasteiger partial charge in [-0.1, -0.05) is 24.3 Å². The Kier molecular flexibility index (Phi) is 4.93. The van der Waals surface area contributed by atoms with Crippen molar-refractivity contribution in [2.24, 2.45) is 0 Å². The van der Waals surface area contributed by atoms with E-state index in [1.165, 1.54) is 40.9 Å². The average molecular weight is 445 g/mol. The molecule has 5 rings (SSSR count). The van der Waals surface area contributed by atoms with Gasteiger partial charge in [0.1, 0.15) is 17.3 Å². The van der Waals surface area contributed by atoms with Crippen LogP contribution < -0.4 is 10.9 Å². The Morgan fingerprint density at radius 1 is 1.03 bits per heavy atom. The third-order valence-electron chi connectivity index (χ3n) is 5.44. The van der Waals surface area contributed by atoms with Crippen LogP contribution in [0.5, 0.6) is 0 Å². The molecular formula is C24H17F2N5O2. The summed E-state index contributed by atoms with van der Waals surface area (Å²) < 4.78 is 28.3. The number of hydrogen-bond acceptors (Lipinski definition) is 4. The molecule has 0 radical (unpaired) electrons. The number of rotatable bonds is 4. The van der Waals surface area contributed by atoms with Gasteiger partial charge in [-0.15, -0.1) is 0 Å². The van der Waals surface area contributed by atoms with Gasteiger partial charge in [0, 0.05) is 11.1 Å². The fraction of sp³-hybridized carbons (Fsp3) is 0.0833. The largest absolute Gasteiger partial charge is 0.346 e. The molecule has 164 valence electrons. The highest BCUT2D eigenvalue weighted by Gasteiger charge is 2.17. The van der Waals surface area contributed by atoms with Crippen molar-refractivity contribution >= 4 is 22.5 Å². The van der Waals surface area contributed by atoms with Gasteiger partial charge in [-0.25, -0.2) is 18.5 Å². The zero-order valence-electron chi connectivity index (χ0n) is 17.3. The van der Waals surface area contributed by atoms with Crippen molar-refractivity contribution in [2.45, 2.75) is 13.0 Å². The van der Waals surface area contributed by atoms with E-state index in [2.05, 4.69) is 20.6 Å². The average Bonchev–Trinajstić information content (AvgIpc) is 3.23. The Bertz CT molecular complexity index is 1570. The number of aromatic amines is 1. The molecule has 0 aliphatic rings. The van der Waals surface area contributed by atoms with Crippen LogP contribution in [0.3, 0.4) is 0 Å². The summed E-state index contributed by atoms with van der Waals surface area (Å²) in [7, 11) is 0. The fourth-order valence-electron chi connectivity index (χ4n) is 3.71. The van der Waals surface area contributed by atoms with E-state index in [4.69, 9.17) is 0 Å². The summed E-state index contributed by atoms with van der Waals surface area (Å²) in [6.07, 6.45) is 0. The minimum absolute atomic E-state index is 0.218. The summed E-state index contributed by atoms with van der Waals surface area (Å²) in [4.78, 5) is 29.6. The van der Waals surface area contributed by atoms with Gasteiger partial charge in [0.05, 0.1) is 16.9 Å². The molecule has 0 saturated carbocycles. The normalized spacial score (nSPS) is 12.2. The molecule has 1 amide bonds. The number of fused-ring (bicyclic) bond motifs is 3. The van der Waals surface area contributed by atoms with Crippen molar-refractivity contribution in [3.8, 4) is 11.3 Å². The van der Waals surface area contributed by atoms with Crippen molar-refractivity contribution in [3.63, 3.8) is 0 Å². The summed E-state index contributed by atoms with van der Waals surface area (Å²) in [5.74, 6) is -1.16. The monoisotopic (exact) mass is 445 g/mol. The van der Waals surface area contributed by atoms with Crippen LogP contribution in [0.2, 0.25) is 0 Å². The number of aromatic nitrogens is 4. The summed E-state index contributed by atoms with van der Waals surface area (Å²) in [5.41, 5.74) is 1.97. The van der Waals surface area contributed by atoms with Gasteiger partial charge in [-0.3, -0.25) is 9.59 Å². The number of nitrogens with zero attached hydrogens (tertiary/aromatic N) is 3. The topological polar surface area (TPSA) is 92.2 Å². The lowest BCUT2D eigenvalue weighted by molar-refractivity contribution is 0.0940. The Morgan fingerprint density at radius 2 is 1.82 bits per heavy atom. The minimum Gasteiger partial charge on any atom is -0.346 e. The first-order chi connectivity index (χ1) is 15.9. The maximum absolute atomic E-state index is 13.7. The van der Waals surface area contributed by atoms with Crippen LogP contribution in [0.15, 0.2) is 71.5 Å². The number of nitrogens with one attached hydrogen (secondary N) is 2. The first-order valence-electron chi connectivity index (χ1n) is 10.1. The van der Waals surface area contributed by atoms with Crippen LogP contribution in [-0.4, -0.2) is 25.7 Å². The van der Waals surface area contributed by atoms with E-state index in [0.717, 1.165) is 5.56 Å². The number of hydrogen-bond donors (Lipinski definition) is 2. The zero-order chi connectivity index (χ0) is 23.1. The minimum atomic E-state index is -0.490. The molecule has 0 fully saturated rings. The van der Waals surface area contributed by atoms with E-state index in [1.54, 1.807) is 37.3 Å². The Morgan fingerprint density at radius 3 is 2.58 bits per heavy atom. The summed E-state index contributed by atoms with van der Waals surface area (Å²) >= 11 is 0. The maximum atomic E-state index is 13.7. The Hall–Kier alpha value is -4.40. The number of carbonyl (C=O) groups is 1.